The highest BCUT2D eigenvalue weighted by Gasteiger charge is 2.04. The minimum Gasteiger partial charge on any atom is -0.192 e. The summed E-state index contributed by atoms with van der Waals surface area (Å²) in [6.07, 6.45) is 1.71. The van der Waals surface area contributed by atoms with E-state index in [1.54, 1.807) is 6.08 Å². The van der Waals surface area contributed by atoms with Crippen LogP contribution in [-0.2, 0) is 0 Å². The smallest absolute Gasteiger partial charge is 0.192 e. The minimum atomic E-state index is 0.307. The van der Waals surface area contributed by atoms with E-state index < -0.39 is 0 Å². The Labute approximate surface area is 86.1 Å². The molecule has 2 aromatic rings. The van der Waals surface area contributed by atoms with E-state index in [1.807, 2.05) is 36.4 Å². The predicted molar refractivity (Wildman–Crippen MR) is 54.1 cm³/mol. The van der Waals surface area contributed by atoms with Crippen molar-refractivity contribution in [1.82, 2.24) is 20.6 Å². The molecule has 1 aromatic heterocycles. The monoisotopic (exact) mass is 197 g/mol. The third-order valence-corrected chi connectivity index (χ3v) is 1.82. The number of hydrogen-bond acceptors (Lipinski definition) is 4. The summed E-state index contributed by atoms with van der Waals surface area (Å²) in [5.74, 6) is 0.307. The van der Waals surface area contributed by atoms with Crippen LogP contribution in [0.25, 0.3) is 11.6 Å². The zero-order valence-corrected chi connectivity index (χ0v) is 7.75. The second-order valence-corrected chi connectivity index (χ2v) is 2.82. The van der Waals surface area contributed by atoms with Gasteiger partial charge in [0.25, 0.3) is 0 Å². The number of nitrogens with one attached hydrogen (secondary N) is 1. The fourth-order valence-electron chi connectivity index (χ4n) is 1.14. The quantitative estimate of drug-likeness (QED) is 0.735. The maximum Gasteiger partial charge on any atom is 0.215 e. The van der Waals surface area contributed by atoms with Gasteiger partial charge in [-0.2, -0.15) is 10.5 Å². The van der Waals surface area contributed by atoms with Gasteiger partial charge in [-0.15, -0.1) is 10.2 Å². The standard InChI is InChI=1S/C10H7N5/c11-7-9(10-12-14-15-13-10)6-8-4-2-1-3-5-8/h1-6H,(H,12,13,14,15)/b9-6-. The van der Waals surface area contributed by atoms with Gasteiger partial charge in [0.2, 0.25) is 5.82 Å². The molecule has 5 nitrogen and oxygen atoms in total. The highest BCUT2D eigenvalue weighted by Crippen LogP contribution is 2.12. The van der Waals surface area contributed by atoms with Crippen LogP contribution >= 0.6 is 0 Å². The lowest BCUT2D eigenvalue weighted by atomic mass is 10.1. The molecule has 0 aliphatic carbocycles. The van der Waals surface area contributed by atoms with Gasteiger partial charge in [-0.05, 0) is 16.9 Å². The summed E-state index contributed by atoms with van der Waals surface area (Å²) in [7, 11) is 0. The fourth-order valence-corrected chi connectivity index (χ4v) is 1.14. The van der Waals surface area contributed by atoms with Crippen LogP contribution in [0.3, 0.4) is 0 Å². The number of aromatic nitrogens is 4. The highest BCUT2D eigenvalue weighted by molar-refractivity contribution is 5.86. The van der Waals surface area contributed by atoms with Gasteiger partial charge in [-0.1, -0.05) is 30.3 Å². The maximum absolute atomic E-state index is 8.92. The molecule has 15 heavy (non-hydrogen) atoms. The number of aromatic amines is 1. The van der Waals surface area contributed by atoms with E-state index in [2.05, 4.69) is 20.6 Å². The minimum absolute atomic E-state index is 0.307. The molecule has 0 aliphatic rings. The summed E-state index contributed by atoms with van der Waals surface area (Å²) in [4.78, 5) is 0. The van der Waals surface area contributed by atoms with Crippen molar-refractivity contribution in [3.05, 3.63) is 41.7 Å². The number of rotatable bonds is 2. The van der Waals surface area contributed by atoms with Crippen LogP contribution in [0.5, 0.6) is 0 Å². The Morgan fingerprint density at radius 2 is 2.13 bits per heavy atom. The number of allylic oxidation sites excluding steroid dienone is 1. The molecule has 0 radical (unpaired) electrons. The normalized spacial score (nSPS) is 11.0. The van der Waals surface area contributed by atoms with Crippen LogP contribution in [-0.4, -0.2) is 20.6 Å². The number of nitriles is 1. The fraction of sp³-hybridized carbons (Fsp3) is 0. The van der Waals surface area contributed by atoms with E-state index >= 15 is 0 Å². The largest absolute Gasteiger partial charge is 0.215 e. The summed E-state index contributed by atoms with van der Waals surface area (Å²) in [6.45, 7) is 0. The Bertz CT molecular complexity index is 492. The van der Waals surface area contributed by atoms with E-state index in [0.717, 1.165) is 5.56 Å². The summed E-state index contributed by atoms with van der Waals surface area (Å²) in [5.41, 5.74) is 1.31. The molecule has 0 bridgehead atoms. The molecule has 0 saturated carbocycles. The third-order valence-electron chi connectivity index (χ3n) is 1.82. The topological polar surface area (TPSA) is 78.2 Å². The van der Waals surface area contributed by atoms with Gasteiger partial charge >= 0.3 is 0 Å². The van der Waals surface area contributed by atoms with E-state index in [1.165, 1.54) is 0 Å². The molecular formula is C10H7N5. The van der Waals surface area contributed by atoms with E-state index in [9.17, 15) is 0 Å². The first-order valence-electron chi connectivity index (χ1n) is 4.31. The number of tetrazole rings is 1. The third kappa shape index (κ3) is 2.06. The zero-order valence-electron chi connectivity index (χ0n) is 7.75. The maximum atomic E-state index is 8.92. The van der Waals surface area contributed by atoms with Crippen molar-refractivity contribution in [2.75, 3.05) is 0 Å². The van der Waals surface area contributed by atoms with E-state index in [-0.39, 0.29) is 0 Å². The summed E-state index contributed by atoms with van der Waals surface area (Å²) >= 11 is 0. The molecular weight excluding hydrogens is 190 g/mol. The van der Waals surface area contributed by atoms with Gasteiger partial charge in [0.05, 0.1) is 0 Å². The Hall–Kier alpha value is -2.48. The number of H-pyrrole nitrogens is 1. The lowest BCUT2D eigenvalue weighted by Gasteiger charge is -1.92. The van der Waals surface area contributed by atoms with Crippen LogP contribution in [0.15, 0.2) is 30.3 Å². The molecule has 1 N–H and O–H groups in total. The predicted octanol–water partition coefficient (Wildman–Crippen LogP) is 1.26. The Kier molecular flexibility index (Phi) is 2.52. The van der Waals surface area contributed by atoms with Crippen LogP contribution < -0.4 is 0 Å². The Morgan fingerprint density at radius 1 is 1.33 bits per heavy atom. The van der Waals surface area contributed by atoms with Gasteiger partial charge in [-0.3, -0.25) is 0 Å². The van der Waals surface area contributed by atoms with Crippen molar-refractivity contribution in [3.63, 3.8) is 0 Å². The summed E-state index contributed by atoms with van der Waals surface area (Å²) < 4.78 is 0. The summed E-state index contributed by atoms with van der Waals surface area (Å²) in [5, 5.41) is 22.1. The van der Waals surface area contributed by atoms with Gasteiger partial charge in [0.1, 0.15) is 11.6 Å². The first kappa shape index (κ1) is 9.09. The lowest BCUT2D eigenvalue weighted by Crippen LogP contribution is -1.85. The highest BCUT2D eigenvalue weighted by atomic mass is 15.5. The first-order valence-corrected chi connectivity index (χ1v) is 4.31. The molecule has 5 heteroatoms. The van der Waals surface area contributed by atoms with Gasteiger partial charge in [0.15, 0.2) is 0 Å². The van der Waals surface area contributed by atoms with Crippen molar-refractivity contribution in [2.24, 2.45) is 0 Å². The molecule has 1 heterocycles. The average molecular weight is 197 g/mol. The molecule has 0 aliphatic heterocycles. The van der Waals surface area contributed by atoms with Crippen LogP contribution in [0.4, 0.5) is 0 Å². The molecule has 0 fully saturated rings. The van der Waals surface area contributed by atoms with Crippen LogP contribution in [0, 0.1) is 11.3 Å². The lowest BCUT2D eigenvalue weighted by molar-refractivity contribution is 0.881. The van der Waals surface area contributed by atoms with Crippen LogP contribution in [0.2, 0.25) is 0 Å². The van der Waals surface area contributed by atoms with Gasteiger partial charge in [-0.25, -0.2) is 0 Å². The molecule has 0 spiro atoms. The molecule has 1 aromatic carbocycles. The molecule has 0 amide bonds. The molecule has 72 valence electrons. The molecule has 2 rings (SSSR count). The van der Waals surface area contributed by atoms with Crippen molar-refractivity contribution in [2.45, 2.75) is 0 Å². The van der Waals surface area contributed by atoms with Gasteiger partial charge in [0, 0.05) is 0 Å². The number of benzene rings is 1. The Balaban J connectivity index is 2.37. The zero-order chi connectivity index (χ0) is 10.5. The van der Waals surface area contributed by atoms with Crippen molar-refractivity contribution < 1.29 is 0 Å². The van der Waals surface area contributed by atoms with E-state index in [4.69, 9.17) is 5.26 Å². The summed E-state index contributed by atoms with van der Waals surface area (Å²) in [6, 6.07) is 11.5. The molecule has 0 saturated heterocycles. The SMILES string of the molecule is N#C/C(=C/c1ccccc1)c1nn[nH]n1. The number of nitrogens with zero attached hydrogens (tertiary/aromatic N) is 4. The second kappa shape index (κ2) is 4.15. The average Bonchev–Trinajstić information content (AvgIpc) is 2.81. The number of hydrogen-bond donors (Lipinski definition) is 1. The van der Waals surface area contributed by atoms with Crippen molar-refractivity contribution >= 4 is 11.6 Å². The molecule has 0 atom stereocenters. The second-order valence-electron chi connectivity index (χ2n) is 2.82. The van der Waals surface area contributed by atoms with Gasteiger partial charge < -0.3 is 0 Å². The Morgan fingerprint density at radius 3 is 2.73 bits per heavy atom. The van der Waals surface area contributed by atoms with Crippen molar-refractivity contribution in [3.8, 4) is 6.07 Å². The van der Waals surface area contributed by atoms with Crippen molar-refractivity contribution in [1.29, 1.82) is 5.26 Å². The van der Waals surface area contributed by atoms with Crippen LogP contribution in [0.1, 0.15) is 11.4 Å². The molecule has 0 unspecified atom stereocenters. The first-order chi connectivity index (χ1) is 7.40. The van der Waals surface area contributed by atoms with E-state index in [0.29, 0.717) is 11.4 Å².